The van der Waals surface area contributed by atoms with Crippen molar-refractivity contribution in [2.75, 3.05) is 33.2 Å². The van der Waals surface area contributed by atoms with Crippen LogP contribution in [-0.2, 0) is 0 Å². The van der Waals surface area contributed by atoms with Gasteiger partial charge in [0.1, 0.15) is 5.82 Å². The number of benzene rings is 1. The van der Waals surface area contributed by atoms with Gasteiger partial charge in [-0.15, -0.1) is 0 Å². The van der Waals surface area contributed by atoms with Crippen LogP contribution in [0, 0.1) is 5.82 Å². The lowest BCUT2D eigenvalue weighted by Gasteiger charge is -2.39. The number of carbonyl (C=O) groups is 1. The first-order chi connectivity index (χ1) is 9.02. The van der Waals surface area contributed by atoms with Gasteiger partial charge in [0.05, 0.1) is 11.6 Å². The number of nitrogens with zero attached hydrogens (tertiary/aromatic N) is 2. The van der Waals surface area contributed by atoms with E-state index >= 15 is 0 Å². The lowest BCUT2D eigenvalue weighted by molar-refractivity contribution is 0.0511. The average Bonchev–Trinajstić information content (AvgIpc) is 2.37. The summed E-state index contributed by atoms with van der Waals surface area (Å²) in [4.78, 5) is 16.1. The summed E-state index contributed by atoms with van der Waals surface area (Å²) in [6, 6.07) is 4.01. The standard InChI is InChI=1S/C13H17ClFN3O/c1-17-4-5-18(10(7-16)8-17)13(19)11-3-2-9(14)6-12(11)15/h2-3,6,10H,4-5,7-8,16H2,1H3. The molecule has 0 aliphatic carbocycles. The van der Waals surface area contributed by atoms with E-state index in [-0.39, 0.29) is 22.5 Å². The molecule has 1 atom stereocenters. The first-order valence-electron chi connectivity index (χ1n) is 6.17. The molecule has 6 heteroatoms. The maximum absolute atomic E-state index is 13.8. The number of rotatable bonds is 2. The smallest absolute Gasteiger partial charge is 0.257 e. The van der Waals surface area contributed by atoms with Gasteiger partial charge in [-0.1, -0.05) is 11.6 Å². The fraction of sp³-hybridized carbons (Fsp3) is 0.462. The predicted molar refractivity (Wildman–Crippen MR) is 72.8 cm³/mol. The van der Waals surface area contributed by atoms with Crippen LogP contribution in [-0.4, -0.2) is 55.0 Å². The Morgan fingerprint density at radius 2 is 2.26 bits per heavy atom. The molecule has 0 spiro atoms. The SMILES string of the molecule is CN1CCN(C(=O)c2ccc(Cl)cc2F)C(CN)C1. The first kappa shape index (κ1) is 14.2. The maximum atomic E-state index is 13.8. The van der Waals surface area contributed by atoms with Gasteiger partial charge in [-0.2, -0.15) is 0 Å². The zero-order valence-corrected chi connectivity index (χ0v) is 11.5. The molecule has 1 aromatic rings. The Hall–Kier alpha value is -1.17. The largest absolute Gasteiger partial charge is 0.332 e. The fourth-order valence-electron chi connectivity index (χ4n) is 2.30. The summed E-state index contributed by atoms with van der Waals surface area (Å²) in [6.07, 6.45) is 0. The highest BCUT2D eigenvalue weighted by molar-refractivity contribution is 6.30. The summed E-state index contributed by atoms with van der Waals surface area (Å²) in [6.45, 7) is 2.39. The maximum Gasteiger partial charge on any atom is 0.257 e. The van der Waals surface area contributed by atoms with Crippen molar-refractivity contribution in [3.8, 4) is 0 Å². The lowest BCUT2D eigenvalue weighted by atomic mass is 10.1. The van der Waals surface area contributed by atoms with E-state index in [1.807, 2.05) is 7.05 Å². The van der Waals surface area contributed by atoms with Gasteiger partial charge in [0, 0.05) is 31.2 Å². The topological polar surface area (TPSA) is 49.6 Å². The molecule has 104 valence electrons. The normalized spacial score (nSPS) is 20.6. The Bertz CT molecular complexity index is 483. The van der Waals surface area contributed by atoms with Crippen molar-refractivity contribution in [3.63, 3.8) is 0 Å². The fourth-order valence-corrected chi connectivity index (χ4v) is 2.46. The Morgan fingerprint density at radius 3 is 2.89 bits per heavy atom. The number of carbonyl (C=O) groups excluding carboxylic acids is 1. The van der Waals surface area contributed by atoms with Crippen LogP contribution in [0.3, 0.4) is 0 Å². The Balaban J connectivity index is 2.22. The molecule has 19 heavy (non-hydrogen) atoms. The molecule has 1 aliphatic rings. The van der Waals surface area contributed by atoms with E-state index in [4.69, 9.17) is 17.3 Å². The van der Waals surface area contributed by atoms with E-state index in [0.717, 1.165) is 12.6 Å². The number of nitrogens with two attached hydrogens (primary N) is 1. The number of amides is 1. The van der Waals surface area contributed by atoms with Crippen molar-refractivity contribution in [2.24, 2.45) is 5.73 Å². The predicted octanol–water partition coefficient (Wildman–Crippen LogP) is 1.19. The molecular weight excluding hydrogens is 269 g/mol. The Kier molecular flexibility index (Phi) is 4.39. The third kappa shape index (κ3) is 3.05. The second kappa shape index (κ2) is 5.86. The average molecular weight is 286 g/mol. The van der Waals surface area contributed by atoms with Crippen molar-refractivity contribution < 1.29 is 9.18 Å². The number of hydrogen-bond donors (Lipinski definition) is 1. The van der Waals surface area contributed by atoms with Crippen LogP contribution >= 0.6 is 11.6 Å². The molecule has 1 aromatic carbocycles. The van der Waals surface area contributed by atoms with Crippen LogP contribution in [0.1, 0.15) is 10.4 Å². The minimum absolute atomic E-state index is 0.0485. The first-order valence-corrected chi connectivity index (χ1v) is 6.55. The number of hydrogen-bond acceptors (Lipinski definition) is 3. The zero-order valence-electron chi connectivity index (χ0n) is 10.8. The Labute approximate surface area is 116 Å². The highest BCUT2D eigenvalue weighted by Crippen LogP contribution is 2.18. The molecule has 0 radical (unpaired) electrons. The van der Waals surface area contributed by atoms with E-state index in [9.17, 15) is 9.18 Å². The third-order valence-electron chi connectivity index (χ3n) is 3.38. The van der Waals surface area contributed by atoms with E-state index < -0.39 is 5.82 Å². The summed E-state index contributed by atoms with van der Waals surface area (Å²) in [7, 11) is 1.98. The number of likely N-dealkylation sites (N-methyl/N-ethyl adjacent to an activating group) is 1. The van der Waals surface area contributed by atoms with Crippen LogP contribution in [0.25, 0.3) is 0 Å². The van der Waals surface area contributed by atoms with Crippen molar-refractivity contribution in [1.82, 2.24) is 9.80 Å². The highest BCUT2D eigenvalue weighted by atomic mass is 35.5. The second-order valence-electron chi connectivity index (χ2n) is 4.77. The molecule has 0 aromatic heterocycles. The third-order valence-corrected chi connectivity index (χ3v) is 3.62. The van der Waals surface area contributed by atoms with Crippen LogP contribution < -0.4 is 5.73 Å². The van der Waals surface area contributed by atoms with E-state index in [1.165, 1.54) is 12.1 Å². The molecule has 1 unspecified atom stereocenters. The summed E-state index contributed by atoms with van der Waals surface area (Å²) < 4.78 is 13.8. The van der Waals surface area contributed by atoms with Gasteiger partial charge in [0.25, 0.3) is 5.91 Å². The Morgan fingerprint density at radius 1 is 1.53 bits per heavy atom. The molecule has 0 bridgehead atoms. The van der Waals surface area contributed by atoms with Crippen molar-refractivity contribution in [3.05, 3.63) is 34.6 Å². The quantitative estimate of drug-likeness (QED) is 0.888. The van der Waals surface area contributed by atoms with Crippen LogP contribution in [0.5, 0.6) is 0 Å². The number of halogens is 2. The van der Waals surface area contributed by atoms with Crippen LogP contribution in [0.4, 0.5) is 4.39 Å². The summed E-state index contributed by atoms with van der Waals surface area (Å²) in [5.74, 6) is -0.912. The summed E-state index contributed by atoms with van der Waals surface area (Å²) in [5.41, 5.74) is 5.75. The molecular formula is C13H17ClFN3O. The van der Waals surface area contributed by atoms with Crippen LogP contribution in [0.2, 0.25) is 5.02 Å². The van der Waals surface area contributed by atoms with Crippen molar-refractivity contribution in [1.29, 1.82) is 0 Å². The minimum atomic E-state index is -0.591. The zero-order chi connectivity index (χ0) is 14.0. The van der Waals surface area contributed by atoms with Gasteiger partial charge in [-0.05, 0) is 25.2 Å². The molecule has 1 amide bonds. The van der Waals surface area contributed by atoms with E-state index in [1.54, 1.807) is 4.90 Å². The van der Waals surface area contributed by atoms with Gasteiger partial charge in [0.15, 0.2) is 0 Å². The molecule has 1 saturated heterocycles. The second-order valence-corrected chi connectivity index (χ2v) is 5.21. The lowest BCUT2D eigenvalue weighted by Crippen LogP contribution is -2.56. The number of piperazine rings is 1. The van der Waals surface area contributed by atoms with Gasteiger partial charge in [-0.25, -0.2) is 4.39 Å². The van der Waals surface area contributed by atoms with Crippen LogP contribution in [0.15, 0.2) is 18.2 Å². The summed E-state index contributed by atoms with van der Waals surface area (Å²) in [5, 5.41) is 0.280. The highest BCUT2D eigenvalue weighted by Gasteiger charge is 2.29. The molecule has 2 rings (SSSR count). The monoisotopic (exact) mass is 285 g/mol. The molecule has 0 saturated carbocycles. The van der Waals surface area contributed by atoms with Gasteiger partial charge in [0.2, 0.25) is 0 Å². The minimum Gasteiger partial charge on any atom is -0.332 e. The van der Waals surface area contributed by atoms with E-state index in [2.05, 4.69) is 4.90 Å². The van der Waals surface area contributed by atoms with Crippen molar-refractivity contribution in [2.45, 2.75) is 6.04 Å². The van der Waals surface area contributed by atoms with E-state index in [0.29, 0.717) is 19.6 Å². The van der Waals surface area contributed by atoms with Gasteiger partial charge >= 0.3 is 0 Å². The molecule has 2 N–H and O–H groups in total. The molecule has 1 fully saturated rings. The van der Waals surface area contributed by atoms with Crippen molar-refractivity contribution >= 4 is 17.5 Å². The molecule has 1 aliphatic heterocycles. The van der Waals surface area contributed by atoms with Gasteiger partial charge in [-0.3, -0.25) is 4.79 Å². The molecule has 1 heterocycles. The van der Waals surface area contributed by atoms with Gasteiger partial charge < -0.3 is 15.5 Å². The molecule has 4 nitrogen and oxygen atoms in total. The summed E-state index contributed by atoms with van der Waals surface area (Å²) >= 11 is 5.69.